The number of carbonyl (C=O) groups is 1. The van der Waals surface area contributed by atoms with Gasteiger partial charge in [0.25, 0.3) is 0 Å². The summed E-state index contributed by atoms with van der Waals surface area (Å²) in [5, 5.41) is 12.5. The predicted octanol–water partition coefficient (Wildman–Crippen LogP) is 0.465. The van der Waals surface area contributed by atoms with Crippen molar-refractivity contribution < 1.29 is 9.90 Å². The van der Waals surface area contributed by atoms with Crippen LogP contribution in [0.4, 0.5) is 0 Å². The summed E-state index contributed by atoms with van der Waals surface area (Å²) >= 11 is 0. The molecule has 1 heterocycles. The van der Waals surface area contributed by atoms with Gasteiger partial charge in [-0.15, -0.1) is 0 Å². The third kappa shape index (κ3) is 3.43. The highest BCUT2D eigenvalue weighted by Gasteiger charge is 2.38. The lowest BCUT2D eigenvalue weighted by Crippen LogP contribution is -2.63. The van der Waals surface area contributed by atoms with E-state index < -0.39 is 11.5 Å². The second-order valence-corrected chi connectivity index (χ2v) is 6.11. The van der Waals surface area contributed by atoms with Crippen LogP contribution in [-0.2, 0) is 4.79 Å². The zero-order chi connectivity index (χ0) is 14.0. The average Bonchev–Trinajstić information content (AvgIpc) is 2.23. The Morgan fingerprint density at radius 1 is 1.44 bits per heavy atom. The van der Waals surface area contributed by atoms with Gasteiger partial charge in [-0.3, -0.25) is 14.6 Å². The summed E-state index contributed by atoms with van der Waals surface area (Å²) in [6.07, 6.45) is 0. The van der Waals surface area contributed by atoms with E-state index in [9.17, 15) is 9.90 Å². The van der Waals surface area contributed by atoms with Crippen LogP contribution in [0.3, 0.4) is 0 Å². The van der Waals surface area contributed by atoms with Crippen LogP contribution in [0.2, 0.25) is 0 Å². The highest BCUT2D eigenvalue weighted by atomic mass is 16.4. The third-order valence-electron chi connectivity index (χ3n) is 3.97. The van der Waals surface area contributed by atoms with Gasteiger partial charge >= 0.3 is 5.97 Å². The molecule has 5 heteroatoms. The van der Waals surface area contributed by atoms with Crippen LogP contribution in [0, 0.1) is 0 Å². The fraction of sp³-hybridized carbons (Fsp3) is 0.923. The van der Waals surface area contributed by atoms with E-state index in [4.69, 9.17) is 0 Å². The molecule has 1 unspecified atom stereocenters. The van der Waals surface area contributed by atoms with E-state index in [1.807, 2.05) is 6.92 Å². The molecule has 0 radical (unpaired) electrons. The molecule has 1 fully saturated rings. The maximum atomic E-state index is 11.4. The molecule has 2 N–H and O–H groups in total. The Bertz CT molecular complexity index is 307. The molecule has 0 aliphatic carbocycles. The first-order chi connectivity index (χ1) is 8.21. The highest BCUT2D eigenvalue weighted by molar-refractivity contribution is 5.78. The van der Waals surface area contributed by atoms with Crippen molar-refractivity contribution in [2.75, 3.05) is 39.8 Å². The number of carboxylic acid groups (broad SMARTS) is 1. The second kappa shape index (κ2) is 5.55. The van der Waals surface area contributed by atoms with E-state index in [1.165, 1.54) is 0 Å². The van der Waals surface area contributed by atoms with Gasteiger partial charge < -0.3 is 10.4 Å². The fourth-order valence-electron chi connectivity index (χ4n) is 2.51. The van der Waals surface area contributed by atoms with Crippen LogP contribution in [0.5, 0.6) is 0 Å². The third-order valence-corrected chi connectivity index (χ3v) is 3.97. The van der Waals surface area contributed by atoms with Gasteiger partial charge in [0, 0.05) is 31.7 Å². The van der Waals surface area contributed by atoms with E-state index in [2.05, 4.69) is 36.0 Å². The Morgan fingerprint density at radius 2 is 2.06 bits per heavy atom. The molecule has 0 spiro atoms. The van der Waals surface area contributed by atoms with Crippen molar-refractivity contribution in [2.24, 2.45) is 0 Å². The molecule has 0 amide bonds. The standard InChI is InChI=1S/C13H27N3O2/c1-6-14-13(4,11(17)18)10-16-8-7-15(5)12(2,3)9-16/h14H,6-10H2,1-5H3,(H,17,18). The highest BCUT2D eigenvalue weighted by Crippen LogP contribution is 2.20. The molecule has 1 saturated heterocycles. The van der Waals surface area contributed by atoms with Crippen molar-refractivity contribution in [2.45, 2.75) is 38.8 Å². The summed E-state index contributed by atoms with van der Waals surface area (Å²) in [7, 11) is 2.12. The van der Waals surface area contributed by atoms with E-state index in [0.717, 1.165) is 19.6 Å². The van der Waals surface area contributed by atoms with Gasteiger partial charge in [0.1, 0.15) is 5.54 Å². The van der Waals surface area contributed by atoms with Gasteiger partial charge in [0.05, 0.1) is 0 Å². The molecule has 1 aliphatic rings. The number of nitrogens with one attached hydrogen (secondary N) is 1. The average molecular weight is 257 g/mol. The quantitative estimate of drug-likeness (QED) is 0.749. The van der Waals surface area contributed by atoms with Crippen LogP contribution in [0.1, 0.15) is 27.7 Å². The number of piperazine rings is 1. The SMILES string of the molecule is CCNC(C)(CN1CCN(C)C(C)(C)C1)C(=O)O. The molecule has 0 aromatic rings. The first-order valence-corrected chi connectivity index (χ1v) is 6.63. The van der Waals surface area contributed by atoms with Crippen LogP contribution in [0.25, 0.3) is 0 Å². The minimum atomic E-state index is -0.860. The van der Waals surface area contributed by atoms with Crippen molar-refractivity contribution in [1.82, 2.24) is 15.1 Å². The molecule has 5 nitrogen and oxygen atoms in total. The topological polar surface area (TPSA) is 55.8 Å². The molecule has 18 heavy (non-hydrogen) atoms. The lowest BCUT2D eigenvalue weighted by Gasteiger charge is -2.47. The van der Waals surface area contributed by atoms with Crippen molar-refractivity contribution >= 4 is 5.97 Å². The van der Waals surface area contributed by atoms with Gasteiger partial charge in [-0.2, -0.15) is 0 Å². The number of aliphatic carboxylic acids is 1. The fourth-order valence-corrected chi connectivity index (χ4v) is 2.51. The summed E-state index contributed by atoms with van der Waals surface area (Å²) < 4.78 is 0. The van der Waals surface area contributed by atoms with Gasteiger partial charge in [0.2, 0.25) is 0 Å². The summed E-state index contributed by atoms with van der Waals surface area (Å²) in [4.78, 5) is 16.0. The van der Waals surface area contributed by atoms with Crippen LogP contribution in [-0.4, -0.2) is 71.7 Å². The first-order valence-electron chi connectivity index (χ1n) is 6.63. The zero-order valence-corrected chi connectivity index (χ0v) is 12.3. The number of hydrogen-bond donors (Lipinski definition) is 2. The minimum absolute atomic E-state index is 0.101. The molecule has 0 aromatic carbocycles. The molecule has 0 saturated carbocycles. The Balaban J connectivity index is 2.69. The van der Waals surface area contributed by atoms with Gasteiger partial charge in [-0.1, -0.05) is 6.92 Å². The van der Waals surface area contributed by atoms with Crippen LogP contribution in [0.15, 0.2) is 0 Å². The lowest BCUT2D eigenvalue weighted by atomic mass is 9.96. The van der Waals surface area contributed by atoms with E-state index in [-0.39, 0.29) is 5.54 Å². The number of likely N-dealkylation sites (N-methyl/N-ethyl adjacent to an activating group) is 2. The second-order valence-electron chi connectivity index (χ2n) is 6.11. The number of nitrogens with zero attached hydrogens (tertiary/aromatic N) is 2. The largest absolute Gasteiger partial charge is 0.480 e. The summed E-state index contributed by atoms with van der Waals surface area (Å²) in [5.41, 5.74) is -0.759. The van der Waals surface area contributed by atoms with Crippen molar-refractivity contribution in [3.05, 3.63) is 0 Å². The molecule has 1 rings (SSSR count). The molecule has 106 valence electrons. The zero-order valence-electron chi connectivity index (χ0n) is 12.3. The predicted molar refractivity (Wildman–Crippen MR) is 72.9 cm³/mol. The lowest BCUT2D eigenvalue weighted by molar-refractivity contribution is -0.145. The maximum Gasteiger partial charge on any atom is 0.324 e. The number of carboxylic acids is 1. The molecular weight excluding hydrogens is 230 g/mol. The Hall–Kier alpha value is -0.650. The number of hydrogen-bond acceptors (Lipinski definition) is 4. The van der Waals surface area contributed by atoms with E-state index in [0.29, 0.717) is 13.1 Å². The monoisotopic (exact) mass is 257 g/mol. The van der Waals surface area contributed by atoms with Crippen molar-refractivity contribution in [3.8, 4) is 0 Å². The summed E-state index contributed by atoms with van der Waals surface area (Å²) in [6, 6.07) is 0. The summed E-state index contributed by atoms with van der Waals surface area (Å²) in [5.74, 6) is -0.777. The van der Waals surface area contributed by atoms with E-state index >= 15 is 0 Å². The van der Waals surface area contributed by atoms with Crippen molar-refractivity contribution in [3.63, 3.8) is 0 Å². The Labute approximate surface area is 110 Å². The molecule has 0 aromatic heterocycles. The van der Waals surface area contributed by atoms with Gasteiger partial charge in [0.15, 0.2) is 0 Å². The molecular formula is C13H27N3O2. The number of rotatable bonds is 5. The molecule has 1 aliphatic heterocycles. The van der Waals surface area contributed by atoms with Crippen LogP contribution >= 0.6 is 0 Å². The van der Waals surface area contributed by atoms with Gasteiger partial charge in [-0.25, -0.2) is 0 Å². The van der Waals surface area contributed by atoms with Gasteiger partial charge in [-0.05, 0) is 34.4 Å². The minimum Gasteiger partial charge on any atom is -0.480 e. The smallest absolute Gasteiger partial charge is 0.324 e. The first kappa shape index (κ1) is 15.4. The molecule has 0 bridgehead atoms. The maximum absolute atomic E-state index is 11.4. The van der Waals surface area contributed by atoms with Crippen LogP contribution < -0.4 is 5.32 Å². The Kier molecular flexibility index (Phi) is 4.75. The van der Waals surface area contributed by atoms with E-state index in [1.54, 1.807) is 6.92 Å². The normalized spacial score (nSPS) is 24.7. The van der Waals surface area contributed by atoms with Crippen molar-refractivity contribution in [1.29, 1.82) is 0 Å². The molecule has 1 atom stereocenters. The summed E-state index contributed by atoms with van der Waals surface area (Å²) in [6.45, 7) is 12.1. The Morgan fingerprint density at radius 3 is 2.50 bits per heavy atom.